The number of para-hydroxylation sites is 1. The van der Waals surface area contributed by atoms with E-state index in [0.29, 0.717) is 10.5 Å². The van der Waals surface area contributed by atoms with Crippen LogP contribution in [0.5, 0.6) is 0 Å². The third-order valence-electron chi connectivity index (χ3n) is 2.79. The molecule has 94 valence electrons. The zero-order valence-electron chi connectivity index (χ0n) is 9.62. The summed E-state index contributed by atoms with van der Waals surface area (Å²) in [6, 6.07) is 10.5. The third-order valence-corrected chi connectivity index (χ3v) is 3.77. The number of nitro groups is 1. The number of thiophene rings is 1. The molecular weight excluding hydrogens is 264 g/mol. The van der Waals surface area contributed by atoms with Gasteiger partial charge in [-0.1, -0.05) is 29.5 Å². The molecule has 0 atom stereocenters. The molecule has 19 heavy (non-hydrogen) atoms. The number of amides is 1. The van der Waals surface area contributed by atoms with Crippen molar-refractivity contribution in [3.05, 3.63) is 57.0 Å². The van der Waals surface area contributed by atoms with E-state index in [0.717, 1.165) is 22.6 Å². The Bertz CT molecular complexity index is 718. The molecule has 3 rings (SSSR count). The van der Waals surface area contributed by atoms with E-state index in [2.05, 4.69) is 5.32 Å². The first-order valence-electron chi connectivity index (χ1n) is 5.52. The fourth-order valence-electron chi connectivity index (χ4n) is 1.94. The molecule has 2 heterocycles. The smallest absolute Gasteiger partial charge is 0.321 e. The zero-order valence-corrected chi connectivity index (χ0v) is 10.4. The van der Waals surface area contributed by atoms with E-state index >= 15 is 0 Å². The Balaban J connectivity index is 2.03. The molecular formula is C13H8N2O3S. The van der Waals surface area contributed by atoms with Gasteiger partial charge in [0.25, 0.3) is 5.91 Å². The summed E-state index contributed by atoms with van der Waals surface area (Å²) in [5.74, 6) is -0.183. The van der Waals surface area contributed by atoms with Crippen molar-refractivity contribution in [2.75, 3.05) is 5.32 Å². The summed E-state index contributed by atoms with van der Waals surface area (Å²) in [6.45, 7) is 0. The number of nitrogens with one attached hydrogen (secondary N) is 1. The Morgan fingerprint density at radius 1 is 1.21 bits per heavy atom. The second kappa shape index (κ2) is 4.33. The van der Waals surface area contributed by atoms with Gasteiger partial charge in [-0.25, -0.2) is 0 Å². The monoisotopic (exact) mass is 272 g/mol. The number of anilines is 1. The molecule has 0 saturated heterocycles. The van der Waals surface area contributed by atoms with Gasteiger partial charge in [0.1, 0.15) is 0 Å². The standard InChI is InChI=1S/C13H8N2O3S/c16-13-10(9-3-1-2-4-11(9)14-13)7-8-5-6-12(19-8)15(17)18/h1-7H,(H,14,16)/b10-7-. The molecule has 1 aliphatic rings. The molecule has 0 fully saturated rings. The summed E-state index contributed by atoms with van der Waals surface area (Å²) < 4.78 is 0. The summed E-state index contributed by atoms with van der Waals surface area (Å²) in [5.41, 5.74) is 2.13. The van der Waals surface area contributed by atoms with Crippen molar-refractivity contribution >= 4 is 39.6 Å². The summed E-state index contributed by atoms with van der Waals surface area (Å²) >= 11 is 1.05. The molecule has 1 aliphatic heterocycles. The molecule has 0 saturated carbocycles. The van der Waals surface area contributed by atoms with Gasteiger partial charge in [0, 0.05) is 22.2 Å². The van der Waals surface area contributed by atoms with Gasteiger partial charge in [-0.15, -0.1) is 0 Å². The first-order chi connectivity index (χ1) is 9.15. The van der Waals surface area contributed by atoms with Crippen LogP contribution in [0.25, 0.3) is 11.6 Å². The minimum atomic E-state index is -0.435. The second-order valence-corrected chi connectivity index (χ2v) is 5.08. The minimum absolute atomic E-state index is 0.0681. The molecule has 1 amide bonds. The molecule has 5 nitrogen and oxygen atoms in total. The minimum Gasteiger partial charge on any atom is -0.321 e. The van der Waals surface area contributed by atoms with Crippen LogP contribution in [0.4, 0.5) is 10.7 Å². The van der Waals surface area contributed by atoms with Gasteiger partial charge in [0.15, 0.2) is 0 Å². The topological polar surface area (TPSA) is 72.2 Å². The molecule has 0 aliphatic carbocycles. The number of carbonyl (C=O) groups is 1. The maximum absolute atomic E-state index is 11.9. The number of carbonyl (C=O) groups excluding carboxylic acids is 1. The van der Waals surface area contributed by atoms with E-state index in [9.17, 15) is 14.9 Å². The number of benzene rings is 1. The highest BCUT2D eigenvalue weighted by Gasteiger charge is 2.23. The number of nitrogens with zero attached hydrogens (tertiary/aromatic N) is 1. The van der Waals surface area contributed by atoms with Crippen molar-refractivity contribution in [3.8, 4) is 0 Å². The first-order valence-corrected chi connectivity index (χ1v) is 6.33. The van der Waals surface area contributed by atoms with Crippen LogP contribution in [0.3, 0.4) is 0 Å². The second-order valence-electron chi connectivity index (χ2n) is 3.99. The van der Waals surface area contributed by atoms with Crippen molar-refractivity contribution in [2.24, 2.45) is 0 Å². The predicted octanol–water partition coefficient (Wildman–Crippen LogP) is 3.15. The molecule has 1 aromatic heterocycles. The highest BCUT2D eigenvalue weighted by molar-refractivity contribution is 7.16. The van der Waals surface area contributed by atoms with E-state index in [1.165, 1.54) is 6.07 Å². The van der Waals surface area contributed by atoms with Crippen molar-refractivity contribution in [3.63, 3.8) is 0 Å². The molecule has 0 bridgehead atoms. The van der Waals surface area contributed by atoms with Gasteiger partial charge in [0.05, 0.1) is 10.5 Å². The normalized spacial score (nSPS) is 15.4. The van der Waals surface area contributed by atoms with Crippen LogP contribution < -0.4 is 5.32 Å². The van der Waals surface area contributed by atoms with Crippen LogP contribution in [0.15, 0.2) is 36.4 Å². The number of rotatable bonds is 2. The Hall–Kier alpha value is -2.47. The van der Waals surface area contributed by atoms with E-state index in [1.54, 1.807) is 12.1 Å². The Kier molecular flexibility index (Phi) is 2.64. The lowest BCUT2D eigenvalue weighted by Gasteiger charge is -1.95. The van der Waals surface area contributed by atoms with Crippen LogP contribution in [0.2, 0.25) is 0 Å². The molecule has 6 heteroatoms. The summed E-state index contributed by atoms with van der Waals surface area (Å²) in [6.07, 6.45) is 1.68. The fourth-order valence-corrected chi connectivity index (χ4v) is 2.71. The van der Waals surface area contributed by atoms with Gasteiger partial charge in [-0.05, 0) is 18.2 Å². The molecule has 0 radical (unpaired) electrons. The highest BCUT2D eigenvalue weighted by atomic mass is 32.1. The van der Waals surface area contributed by atoms with Crippen LogP contribution in [-0.2, 0) is 4.79 Å². The summed E-state index contributed by atoms with van der Waals surface area (Å²) in [7, 11) is 0. The van der Waals surface area contributed by atoms with E-state index in [4.69, 9.17) is 0 Å². The summed E-state index contributed by atoms with van der Waals surface area (Å²) in [5, 5.41) is 13.5. The maximum atomic E-state index is 11.9. The van der Waals surface area contributed by atoms with Crippen molar-refractivity contribution < 1.29 is 9.72 Å². The van der Waals surface area contributed by atoms with Gasteiger partial charge in [-0.2, -0.15) is 0 Å². The number of fused-ring (bicyclic) bond motifs is 1. The molecule has 0 unspecified atom stereocenters. The first kappa shape index (κ1) is 11.6. The SMILES string of the molecule is O=C1Nc2ccccc2/C1=C/c1ccc([N+](=O)[O-])s1. The largest absolute Gasteiger partial charge is 0.324 e. The van der Waals surface area contributed by atoms with Crippen molar-refractivity contribution in [2.45, 2.75) is 0 Å². The molecule has 1 aromatic carbocycles. The highest BCUT2D eigenvalue weighted by Crippen LogP contribution is 2.34. The van der Waals surface area contributed by atoms with Crippen LogP contribution in [0, 0.1) is 10.1 Å². The van der Waals surface area contributed by atoms with Crippen LogP contribution in [-0.4, -0.2) is 10.8 Å². The van der Waals surface area contributed by atoms with Gasteiger partial charge in [0.2, 0.25) is 0 Å². The number of hydrogen-bond donors (Lipinski definition) is 1. The quantitative estimate of drug-likeness (QED) is 0.518. The van der Waals surface area contributed by atoms with E-state index in [-0.39, 0.29) is 10.9 Å². The Labute approximate surface area is 112 Å². The average Bonchev–Trinajstić information content (AvgIpc) is 2.96. The predicted molar refractivity (Wildman–Crippen MR) is 73.9 cm³/mol. The van der Waals surface area contributed by atoms with Crippen molar-refractivity contribution in [1.82, 2.24) is 0 Å². The van der Waals surface area contributed by atoms with E-state index < -0.39 is 4.92 Å². The van der Waals surface area contributed by atoms with Crippen LogP contribution >= 0.6 is 11.3 Å². The third kappa shape index (κ3) is 2.02. The van der Waals surface area contributed by atoms with Crippen molar-refractivity contribution in [1.29, 1.82) is 0 Å². The Morgan fingerprint density at radius 2 is 2.00 bits per heavy atom. The number of hydrogen-bond acceptors (Lipinski definition) is 4. The lowest BCUT2D eigenvalue weighted by atomic mass is 10.1. The average molecular weight is 272 g/mol. The molecule has 2 aromatic rings. The molecule has 0 spiro atoms. The lowest BCUT2D eigenvalue weighted by Crippen LogP contribution is -2.03. The lowest BCUT2D eigenvalue weighted by molar-refractivity contribution is -0.380. The fraction of sp³-hybridized carbons (Fsp3) is 0. The zero-order chi connectivity index (χ0) is 13.4. The Morgan fingerprint density at radius 3 is 2.74 bits per heavy atom. The van der Waals surface area contributed by atoms with Gasteiger partial charge < -0.3 is 5.32 Å². The maximum Gasteiger partial charge on any atom is 0.324 e. The van der Waals surface area contributed by atoms with E-state index in [1.807, 2.05) is 24.3 Å². The van der Waals surface area contributed by atoms with Gasteiger partial charge >= 0.3 is 5.00 Å². The summed E-state index contributed by atoms with van der Waals surface area (Å²) in [4.78, 5) is 22.8. The van der Waals surface area contributed by atoms with Gasteiger partial charge in [-0.3, -0.25) is 14.9 Å². The van der Waals surface area contributed by atoms with Crippen LogP contribution in [0.1, 0.15) is 10.4 Å². The molecule has 1 N–H and O–H groups in total.